The van der Waals surface area contributed by atoms with Crippen LogP contribution in [-0.2, 0) is 13.6 Å². The maximum atomic E-state index is 6.24. The fourth-order valence-corrected chi connectivity index (χ4v) is 5.35. The molecule has 0 aromatic rings. The molecule has 0 radical (unpaired) electrons. The Labute approximate surface area is 153 Å². The molecule has 0 fully saturated rings. The average molecular weight is 361 g/mol. The van der Waals surface area contributed by atoms with Crippen LogP contribution in [0.15, 0.2) is 0 Å². The van der Waals surface area contributed by atoms with Gasteiger partial charge in [0.25, 0.3) is 0 Å². The highest BCUT2D eigenvalue weighted by Crippen LogP contribution is 2.19. The molecule has 24 heavy (non-hydrogen) atoms. The Balaban J connectivity index is 3.59. The van der Waals surface area contributed by atoms with Crippen molar-refractivity contribution in [1.29, 1.82) is 0 Å². The van der Waals surface area contributed by atoms with Crippen molar-refractivity contribution in [2.24, 2.45) is 0 Å². The highest BCUT2D eigenvalue weighted by molar-refractivity contribution is 6.67. The maximum absolute atomic E-state index is 6.24. The molecular formula is C20H44O3Si. The summed E-state index contributed by atoms with van der Waals surface area (Å²) >= 11 is 0. The monoisotopic (exact) mass is 360 g/mol. The molecule has 4 heteroatoms. The SMILES string of the molecule is CCCCCCCCCCCCO[Si](CC)(CC)OCCOCC. The highest BCUT2D eigenvalue weighted by atomic mass is 28.4. The van der Waals surface area contributed by atoms with Gasteiger partial charge in [0.1, 0.15) is 0 Å². The fourth-order valence-electron chi connectivity index (χ4n) is 2.98. The Morgan fingerprint density at radius 2 is 1.04 bits per heavy atom. The van der Waals surface area contributed by atoms with Gasteiger partial charge in [0.05, 0.1) is 13.2 Å². The molecule has 0 aromatic carbocycles. The first-order valence-corrected chi connectivity index (χ1v) is 12.8. The van der Waals surface area contributed by atoms with Crippen LogP contribution >= 0.6 is 0 Å². The fraction of sp³-hybridized carbons (Fsp3) is 1.00. The molecule has 0 amide bonds. The van der Waals surface area contributed by atoms with Gasteiger partial charge < -0.3 is 13.6 Å². The zero-order valence-electron chi connectivity index (χ0n) is 17.0. The molecule has 0 saturated heterocycles. The van der Waals surface area contributed by atoms with Gasteiger partial charge in [0.2, 0.25) is 0 Å². The van der Waals surface area contributed by atoms with Crippen LogP contribution in [0.25, 0.3) is 0 Å². The summed E-state index contributed by atoms with van der Waals surface area (Å²) < 4.78 is 17.7. The zero-order valence-corrected chi connectivity index (χ0v) is 18.0. The van der Waals surface area contributed by atoms with E-state index in [1.807, 2.05) is 6.92 Å². The highest BCUT2D eigenvalue weighted by Gasteiger charge is 2.33. The van der Waals surface area contributed by atoms with Gasteiger partial charge in [-0.3, -0.25) is 0 Å². The van der Waals surface area contributed by atoms with Crippen molar-refractivity contribution < 1.29 is 13.6 Å². The van der Waals surface area contributed by atoms with E-state index < -0.39 is 8.56 Å². The van der Waals surface area contributed by atoms with E-state index in [-0.39, 0.29) is 0 Å². The van der Waals surface area contributed by atoms with Crippen LogP contribution in [0.4, 0.5) is 0 Å². The second-order valence-electron chi connectivity index (χ2n) is 6.69. The van der Waals surface area contributed by atoms with Crippen molar-refractivity contribution in [2.45, 2.75) is 104 Å². The molecule has 0 unspecified atom stereocenters. The molecule has 146 valence electrons. The van der Waals surface area contributed by atoms with Gasteiger partial charge in [0.15, 0.2) is 0 Å². The first kappa shape index (κ1) is 24.1. The molecule has 0 aliphatic heterocycles. The lowest BCUT2D eigenvalue weighted by atomic mass is 10.1. The summed E-state index contributed by atoms with van der Waals surface area (Å²) in [6, 6.07) is 2.07. The van der Waals surface area contributed by atoms with E-state index in [0.29, 0.717) is 13.2 Å². The smallest absolute Gasteiger partial charge is 0.337 e. The van der Waals surface area contributed by atoms with E-state index in [0.717, 1.165) is 25.3 Å². The minimum absolute atomic E-state index is 0.680. The molecule has 0 aliphatic rings. The van der Waals surface area contributed by atoms with Crippen molar-refractivity contribution in [1.82, 2.24) is 0 Å². The second-order valence-corrected chi connectivity index (χ2v) is 10.5. The summed E-state index contributed by atoms with van der Waals surface area (Å²) in [5, 5.41) is 0. The van der Waals surface area contributed by atoms with Gasteiger partial charge in [-0.1, -0.05) is 78.6 Å². The first-order chi connectivity index (χ1) is 11.7. The first-order valence-electron chi connectivity index (χ1n) is 10.6. The van der Waals surface area contributed by atoms with Crippen LogP contribution in [0, 0.1) is 0 Å². The lowest BCUT2D eigenvalue weighted by Crippen LogP contribution is -2.42. The van der Waals surface area contributed by atoms with Crippen molar-refractivity contribution in [2.75, 3.05) is 26.4 Å². The van der Waals surface area contributed by atoms with Crippen LogP contribution < -0.4 is 0 Å². The molecule has 0 bridgehead atoms. The lowest BCUT2D eigenvalue weighted by molar-refractivity contribution is 0.0846. The molecule has 0 aromatic heterocycles. The summed E-state index contributed by atoms with van der Waals surface area (Å²) in [5.41, 5.74) is 0. The van der Waals surface area contributed by atoms with Gasteiger partial charge in [-0.25, -0.2) is 0 Å². The molecule has 0 spiro atoms. The molecule has 0 saturated carbocycles. The van der Waals surface area contributed by atoms with Crippen molar-refractivity contribution >= 4 is 8.56 Å². The maximum Gasteiger partial charge on any atom is 0.337 e. The van der Waals surface area contributed by atoms with Crippen LogP contribution in [-0.4, -0.2) is 35.0 Å². The van der Waals surface area contributed by atoms with E-state index in [2.05, 4.69) is 20.8 Å². The predicted molar refractivity (Wildman–Crippen MR) is 107 cm³/mol. The summed E-state index contributed by atoms with van der Waals surface area (Å²) in [6.07, 6.45) is 13.7. The second kappa shape index (κ2) is 17.9. The number of hydrogen-bond acceptors (Lipinski definition) is 3. The molecule has 0 atom stereocenters. The van der Waals surface area contributed by atoms with Crippen LogP contribution in [0.1, 0.15) is 91.9 Å². The van der Waals surface area contributed by atoms with E-state index in [4.69, 9.17) is 13.6 Å². The Kier molecular flexibility index (Phi) is 18.0. The predicted octanol–water partition coefficient (Wildman–Crippen LogP) is 6.46. The third-order valence-corrected chi connectivity index (χ3v) is 8.35. The van der Waals surface area contributed by atoms with Crippen molar-refractivity contribution in [3.8, 4) is 0 Å². The summed E-state index contributed by atoms with van der Waals surface area (Å²) in [7, 11) is -1.97. The number of hydrogen-bond donors (Lipinski definition) is 0. The van der Waals surface area contributed by atoms with Crippen molar-refractivity contribution in [3.63, 3.8) is 0 Å². The molecule has 0 rings (SSSR count). The molecular weight excluding hydrogens is 316 g/mol. The van der Waals surface area contributed by atoms with Crippen molar-refractivity contribution in [3.05, 3.63) is 0 Å². The standard InChI is InChI=1S/C20H44O3Si/c1-5-9-10-11-12-13-14-15-16-17-18-22-24(7-3,8-4)23-20-19-21-6-2/h5-20H2,1-4H3. The Morgan fingerprint density at radius 3 is 1.54 bits per heavy atom. The molecule has 0 aliphatic carbocycles. The summed E-state index contributed by atoms with van der Waals surface area (Å²) in [4.78, 5) is 0. The number of unbranched alkanes of at least 4 members (excludes halogenated alkanes) is 9. The van der Waals surface area contributed by atoms with E-state index in [1.54, 1.807) is 0 Å². The van der Waals surface area contributed by atoms with E-state index >= 15 is 0 Å². The Hall–Kier alpha value is 0.0969. The van der Waals surface area contributed by atoms with Gasteiger partial charge in [-0.15, -0.1) is 0 Å². The van der Waals surface area contributed by atoms with Crippen LogP contribution in [0.2, 0.25) is 12.1 Å². The minimum atomic E-state index is -1.97. The van der Waals surface area contributed by atoms with Gasteiger partial charge in [-0.05, 0) is 25.4 Å². The Morgan fingerprint density at radius 1 is 0.542 bits per heavy atom. The normalized spacial score (nSPS) is 12.0. The summed E-state index contributed by atoms with van der Waals surface area (Å²) in [5.74, 6) is 0. The third-order valence-electron chi connectivity index (χ3n) is 4.74. The average Bonchev–Trinajstić information content (AvgIpc) is 2.61. The van der Waals surface area contributed by atoms with Gasteiger partial charge >= 0.3 is 8.56 Å². The Bertz CT molecular complexity index is 245. The molecule has 0 heterocycles. The topological polar surface area (TPSA) is 27.7 Å². The van der Waals surface area contributed by atoms with Gasteiger partial charge in [-0.2, -0.15) is 0 Å². The minimum Gasteiger partial charge on any atom is -0.394 e. The lowest BCUT2D eigenvalue weighted by Gasteiger charge is -2.28. The van der Waals surface area contributed by atoms with E-state index in [1.165, 1.54) is 64.2 Å². The van der Waals surface area contributed by atoms with E-state index in [9.17, 15) is 0 Å². The number of ether oxygens (including phenoxy) is 1. The third kappa shape index (κ3) is 13.4. The quantitative estimate of drug-likeness (QED) is 0.195. The largest absolute Gasteiger partial charge is 0.394 e. The number of rotatable bonds is 19. The van der Waals surface area contributed by atoms with Crippen LogP contribution in [0.3, 0.4) is 0 Å². The van der Waals surface area contributed by atoms with Crippen LogP contribution in [0.5, 0.6) is 0 Å². The van der Waals surface area contributed by atoms with Gasteiger partial charge in [0, 0.05) is 13.2 Å². The summed E-state index contributed by atoms with van der Waals surface area (Å²) in [6.45, 7) is 11.7. The zero-order chi connectivity index (χ0) is 17.9. The molecule has 0 N–H and O–H groups in total. The molecule has 3 nitrogen and oxygen atoms in total.